The first-order valence-corrected chi connectivity index (χ1v) is 7.45. The predicted molar refractivity (Wildman–Crippen MR) is 70.6 cm³/mol. The van der Waals surface area contributed by atoms with Gasteiger partial charge in [0.05, 0.1) is 0 Å². The standard InChI is InChI=1S/C15H29N/c1-3-4-5-6-9-15(12-16-2)11-13-7-8-14(15)10-13/h13-14,16H,3-12H2,1-2H3. The number of nitrogens with one attached hydrogen (secondary N) is 1. The van der Waals surface area contributed by atoms with Crippen LogP contribution in [-0.4, -0.2) is 13.6 Å². The van der Waals surface area contributed by atoms with Crippen molar-refractivity contribution in [2.45, 2.75) is 64.7 Å². The smallest absolute Gasteiger partial charge is 0.000756 e. The van der Waals surface area contributed by atoms with Crippen molar-refractivity contribution in [1.29, 1.82) is 0 Å². The Bertz CT molecular complexity index is 213. The van der Waals surface area contributed by atoms with Crippen molar-refractivity contribution in [2.75, 3.05) is 13.6 Å². The van der Waals surface area contributed by atoms with Gasteiger partial charge >= 0.3 is 0 Å². The van der Waals surface area contributed by atoms with E-state index in [0.717, 1.165) is 11.8 Å². The molecule has 0 heterocycles. The van der Waals surface area contributed by atoms with E-state index in [2.05, 4.69) is 19.3 Å². The summed E-state index contributed by atoms with van der Waals surface area (Å²) < 4.78 is 0. The summed E-state index contributed by atoms with van der Waals surface area (Å²) in [5, 5.41) is 3.48. The molecule has 2 fully saturated rings. The Morgan fingerprint density at radius 2 is 2.06 bits per heavy atom. The molecule has 3 unspecified atom stereocenters. The predicted octanol–water partition coefficient (Wildman–Crippen LogP) is 3.98. The molecule has 1 heteroatoms. The molecule has 16 heavy (non-hydrogen) atoms. The molecule has 0 aromatic carbocycles. The van der Waals surface area contributed by atoms with Crippen LogP contribution in [0.25, 0.3) is 0 Å². The zero-order valence-electron chi connectivity index (χ0n) is 11.2. The van der Waals surface area contributed by atoms with Gasteiger partial charge in [-0.15, -0.1) is 0 Å². The summed E-state index contributed by atoms with van der Waals surface area (Å²) in [5.74, 6) is 2.15. The Labute approximate surface area is 101 Å². The minimum atomic E-state index is 0.700. The molecular formula is C15H29N. The van der Waals surface area contributed by atoms with Crippen molar-refractivity contribution in [1.82, 2.24) is 5.32 Å². The lowest BCUT2D eigenvalue weighted by molar-refractivity contribution is 0.141. The number of hydrogen-bond donors (Lipinski definition) is 1. The molecule has 2 aliphatic rings. The Morgan fingerprint density at radius 1 is 1.19 bits per heavy atom. The first kappa shape index (κ1) is 12.4. The van der Waals surface area contributed by atoms with Gasteiger partial charge in [-0.25, -0.2) is 0 Å². The van der Waals surface area contributed by atoms with Gasteiger partial charge in [0.2, 0.25) is 0 Å². The topological polar surface area (TPSA) is 12.0 Å². The Hall–Kier alpha value is -0.0400. The summed E-state index contributed by atoms with van der Waals surface area (Å²) >= 11 is 0. The lowest BCUT2D eigenvalue weighted by atomic mass is 9.70. The Balaban J connectivity index is 1.84. The van der Waals surface area contributed by atoms with E-state index < -0.39 is 0 Å². The fourth-order valence-electron chi connectivity index (χ4n) is 4.43. The van der Waals surface area contributed by atoms with Crippen molar-refractivity contribution in [2.24, 2.45) is 17.3 Å². The quantitative estimate of drug-likeness (QED) is 0.644. The van der Waals surface area contributed by atoms with Crippen LogP contribution < -0.4 is 5.32 Å². The molecule has 0 radical (unpaired) electrons. The van der Waals surface area contributed by atoms with Crippen LogP contribution >= 0.6 is 0 Å². The molecule has 0 amide bonds. The van der Waals surface area contributed by atoms with Crippen molar-refractivity contribution in [3.8, 4) is 0 Å². The van der Waals surface area contributed by atoms with Crippen LogP contribution in [0.4, 0.5) is 0 Å². The number of rotatable bonds is 7. The molecule has 94 valence electrons. The summed E-state index contributed by atoms with van der Waals surface area (Å²) in [6.45, 7) is 3.58. The first-order valence-electron chi connectivity index (χ1n) is 7.45. The number of unbranched alkanes of at least 4 members (excludes halogenated alkanes) is 3. The second kappa shape index (κ2) is 5.53. The van der Waals surface area contributed by atoms with E-state index in [9.17, 15) is 0 Å². The minimum absolute atomic E-state index is 0.700. The molecule has 0 aromatic rings. The van der Waals surface area contributed by atoms with Crippen molar-refractivity contribution >= 4 is 0 Å². The zero-order chi connectivity index (χ0) is 11.4. The average molecular weight is 223 g/mol. The van der Waals surface area contributed by atoms with Crippen LogP contribution in [0.3, 0.4) is 0 Å². The summed E-state index contributed by atoms with van der Waals surface area (Å²) in [6.07, 6.45) is 13.4. The highest BCUT2D eigenvalue weighted by Gasteiger charge is 2.49. The van der Waals surface area contributed by atoms with E-state index in [4.69, 9.17) is 0 Å². The molecule has 2 bridgehead atoms. The summed E-state index contributed by atoms with van der Waals surface area (Å²) in [6, 6.07) is 0. The van der Waals surface area contributed by atoms with Gasteiger partial charge in [0.15, 0.2) is 0 Å². The molecule has 1 N–H and O–H groups in total. The van der Waals surface area contributed by atoms with E-state index in [1.165, 1.54) is 57.9 Å². The molecule has 2 rings (SSSR count). The lowest BCUT2D eigenvalue weighted by Gasteiger charge is -2.38. The summed E-state index contributed by atoms with van der Waals surface area (Å²) in [5.41, 5.74) is 0.700. The highest BCUT2D eigenvalue weighted by atomic mass is 14.8. The third-order valence-electron chi connectivity index (χ3n) is 5.16. The fraction of sp³-hybridized carbons (Fsp3) is 1.00. The SMILES string of the molecule is CCCCCCC1(CNC)CC2CCC1C2. The lowest BCUT2D eigenvalue weighted by Crippen LogP contribution is -2.37. The van der Waals surface area contributed by atoms with Crippen molar-refractivity contribution in [3.05, 3.63) is 0 Å². The van der Waals surface area contributed by atoms with Crippen LogP contribution in [-0.2, 0) is 0 Å². The van der Waals surface area contributed by atoms with E-state index in [0.29, 0.717) is 5.41 Å². The minimum Gasteiger partial charge on any atom is -0.319 e. The largest absolute Gasteiger partial charge is 0.319 e. The molecular weight excluding hydrogens is 194 g/mol. The van der Waals surface area contributed by atoms with Crippen LogP contribution in [0.5, 0.6) is 0 Å². The van der Waals surface area contributed by atoms with Crippen LogP contribution in [0, 0.1) is 17.3 Å². The van der Waals surface area contributed by atoms with Crippen molar-refractivity contribution < 1.29 is 0 Å². The van der Waals surface area contributed by atoms with E-state index in [1.54, 1.807) is 6.42 Å². The van der Waals surface area contributed by atoms with E-state index in [1.807, 2.05) is 0 Å². The average Bonchev–Trinajstić information content (AvgIpc) is 2.85. The second-order valence-corrected chi connectivity index (χ2v) is 6.28. The molecule has 1 nitrogen and oxygen atoms in total. The highest BCUT2D eigenvalue weighted by Crippen LogP contribution is 2.57. The maximum Gasteiger partial charge on any atom is 0.000756 e. The molecule has 2 saturated carbocycles. The summed E-state index contributed by atoms with van der Waals surface area (Å²) in [4.78, 5) is 0. The molecule has 0 spiro atoms. The van der Waals surface area contributed by atoms with Crippen LogP contribution in [0.1, 0.15) is 64.7 Å². The Morgan fingerprint density at radius 3 is 2.62 bits per heavy atom. The normalized spacial score (nSPS) is 37.1. The van der Waals surface area contributed by atoms with Gasteiger partial charge in [-0.05, 0) is 50.0 Å². The maximum atomic E-state index is 3.48. The maximum absolute atomic E-state index is 3.48. The van der Waals surface area contributed by atoms with Crippen molar-refractivity contribution in [3.63, 3.8) is 0 Å². The van der Waals surface area contributed by atoms with E-state index in [-0.39, 0.29) is 0 Å². The highest BCUT2D eigenvalue weighted by molar-refractivity contribution is 5.01. The molecule has 3 atom stereocenters. The summed E-state index contributed by atoms with van der Waals surface area (Å²) in [7, 11) is 2.14. The zero-order valence-corrected chi connectivity index (χ0v) is 11.2. The Kier molecular flexibility index (Phi) is 4.29. The number of hydrogen-bond acceptors (Lipinski definition) is 1. The molecule has 0 aliphatic heterocycles. The first-order chi connectivity index (χ1) is 7.80. The molecule has 0 saturated heterocycles. The van der Waals surface area contributed by atoms with Gasteiger partial charge < -0.3 is 5.32 Å². The third kappa shape index (κ3) is 2.45. The van der Waals surface area contributed by atoms with Gasteiger partial charge in [0, 0.05) is 6.54 Å². The fourth-order valence-corrected chi connectivity index (χ4v) is 4.43. The van der Waals surface area contributed by atoms with Gasteiger partial charge in [-0.1, -0.05) is 39.0 Å². The van der Waals surface area contributed by atoms with Gasteiger partial charge in [-0.3, -0.25) is 0 Å². The monoisotopic (exact) mass is 223 g/mol. The molecule has 0 aromatic heterocycles. The van der Waals surface area contributed by atoms with Crippen LogP contribution in [0.2, 0.25) is 0 Å². The van der Waals surface area contributed by atoms with Gasteiger partial charge in [0.25, 0.3) is 0 Å². The molecule has 2 aliphatic carbocycles. The van der Waals surface area contributed by atoms with Crippen LogP contribution in [0.15, 0.2) is 0 Å². The third-order valence-corrected chi connectivity index (χ3v) is 5.16. The van der Waals surface area contributed by atoms with Gasteiger partial charge in [-0.2, -0.15) is 0 Å². The number of fused-ring (bicyclic) bond motifs is 2. The van der Waals surface area contributed by atoms with Gasteiger partial charge in [0.1, 0.15) is 0 Å². The second-order valence-electron chi connectivity index (χ2n) is 6.28. The van der Waals surface area contributed by atoms with E-state index >= 15 is 0 Å².